The number of nitrogens with one attached hydrogen (secondary N) is 1. The largest absolute Gasteiger partial charge is 0.481 e. The van der Waals surface area contributed by atoms with E-state index < -0.39 is 5.97 Å². The number of carboxylic acid groups (broad SMARTS) is 1. The number of unbranched alkanes of at least 4 members (excludes halogenated alkanes) is 1. The molecule has 6 heteroatoms. The van der Waals surface area contributed by atoms with Gasteiger partial charge in [0.2, 0.25) is 0 Å². The van der Waals surface area contributed by atoms with Crippen LogP contribution in [-0.2, 0) is 4.79 Å². The number of anilines is 2. The van der Waals surface area contributed by atoms with Crippen molar-refractivity contribution in [3.05, 3.63) is 96.3 Å². The first kappa shape index (κ1) is 21.8. The summed E-state index contributed by atoms with van der Waals surface area (Å²) >= 11 is 0. The summed E-state index contributed by atoms with van der Waals surface area (Å²) in [6.07, 6.45) is 6.89. The number of benzene rings is 2. The number of carbonyl (C=O) groups is 2. The van der Waals surface area contributed by atoms with Crippen LogP contribution in [0.2, 0.25) is 0 Å². The summed E-state index contributed by atoms with van der Waals surface area (Å²) in [6, 6.07) is 20.6. The van der Waals surface area contributed by atoms with Gasteiger partial charge in [-0.3, -0.25) is 14.7 Å². The third-order valence-electron chi connectivity index (χ3n) is 4.81. The van der Waals surface area contributed by atoms with E-state index in [-0.39, 0.29) is 12.5 Å². The molecule has 3 rings (SSSR count). The lowest BCUT2D eigenvalue weighted by Crippen LogP contribution is -2.31. The van der Waals surface area contributed by atoms with Gasteiger partial charge in [0.25, 0.3) is 0 Å². The topological polar surface area (TPSA) is 82.5 Å². The standard InChI is InChI=1S/C25H25N3O3/c1-28(22-9-3-2-4-10-22)25(31)27-21-15-13-19(14-16-21)23(11-5-6-12-24(29)30)20-8-7-17-26-18-20/h2-4,7-11,13-18H,5-6,12H2,1H3,(H,27,31)(H,29,30). The van der Waals surface area contributed by atoms with Gasteiger partial charge >= 0.3 is 12.0 Å². The molecule has 0 atom stereocenters. The number of aromatic nitrogens is 1. The molecule has 6 nitrogen and oxygen atoms in total. The van der Waals surface area contributed by atoms with E-state index in [1.165, 1.54) is 0 Å². The fourth-order valence-electron chi connectivity index (χ4n) is 3.13. The average Bonchev–Trinajstić information content (AvgIpc) is 2.80. The van der Waals surface area contributed by atoms with Gasteiger partial charge in [-0.25, -0.2) is 4.79 Å². The van der Waals surface area contributed by atoms with Crippen molar-refractivity contribution >= 4 is 28.9 Å². The van der Waals surface area contributed by atoms with Crippen molar-refractivity contribution in [3.63, 3.8) is 0 Å². The number of urea groups is 1. The molecule has 1 aromatic heterocycles. The second-order valence-corrected chi connectivity index (χ2v) is 7.05. The Kier molecular flexibility index (Phi) is 7.54. The Hall–Kier alpha value is -3.93. The predicted octanol–water partition coefficient (Wildman–Crippen LogP) is 5.44. The number of nitrogens with zero attached hydrogens (tertiary/aromatic N) is 2. The van der Waals surface area contributed by atoms with Crippen molar-refractivity contribution in [2.45, 2.75) is 19.3 Å². The van der Waals surface area contributed by atoms with Gasteiger partial charge in [0.1, 0.15) is 0 Å². The monoisotopic (exact) mass is 415 g/mol. The molecule has 0 aliphatic heterocycles. The first-order chi connectivity index (χ1) is 15.0. The molecule has 0 saturated heterocycles. The molecular formula is C25H25N3O3. The van der Waals surface area contributed by atoms with Crippen LogP contribution in [0.1, 0.15) is 30.4 Å². The predicted molar refractivity (Wildman–Crippen MR) is 123 cm³/mol. The SMILES string of the molecule is CN(C(=O)Nc1ccc(C(=CCCCC(=O)O)c2cccnc2)cc1)c1ccccc1. The second-order valence-electron chi connectivity index (χ2n) is 7.05. The highest BCUT2D eigenvalue weighted by Gasteiger charge is 2.11. The van der Waals surface area contributed by atoms with Crippen LogP contribution in [0.5, 0.6) is 0 Å². The van der Waals surface area contributed by atoms with Crippen LogP contribution >= 0.6 is 0 Å². The number of aliphatic carboxylic acids is 1. The Balaban J connectivity index is 1.74. The lowest BCUT2D eigenvalue weighted by Gasteiger charge is -2.18. The lowest BCUT2D eigenvalue weighted by molar-refractivity contribution is -0.137. The highest BCUT2D eigenvalue weighted by atomic mass is 16.4. The number of hydrogen-bond donors (Lipinski definition) is 2. The number of hydrogen-bond acceptors (Lipinski definition) is 3. The molecule has 1 heterocycles. The first-order valence-electron chi connectivity index (χ1n) is 10.1. The van der Waals surface area contributed by atoms with Crippen LogP contribution in [-0.4, -0.2) is 29.1 Å². The summed E-state index contributed by atoms with van der Waals surface area (Å²) in [5, 5.41) is 11.8. The van der Waals surface area contributed by atoms with Crippen LogP contribution in [0.15, 0.2) is 85.2 Å². The molecule has 0 fully saturated rings. The average molecular weight is 415 g/mol. The van der Waals surface area contributed by atoms with Gasteiger partial charge in [0.15, 0.2) is 0 Å². The van der Waals surface area contributed by atoms with Crippen molar-refractivity contribution < 1.29 is 14.7 Å². The number of para-hydroxylation sites is 1. The zero-order valence-corrected chi connectivity index (χ0v) is 17.4. The van der Waals surface area contributed by atoms with Crippen molar-refractivity contribution in [2.75, 3.05) is 17.3 Å². The number of carbonyl (C=O) groups excluding carboxylic acids is 1. The number of carboxylic acids is 1. The van der Waals surface area contributed by atoms with Gasteiger partial charge in [-0.2, -0.15) is 0 Å². The maximum Gasteiger partial charge on any atom is 0.326 e. The van der Waals surface area contributed by atoms with Crippen LogP contribution in [0.25, 0.3) is 5.57 Å². The van der Waals surface area contributed by atoms with Gasteiger partial charge in [-0.1, -0.05) is 42.5 Å². The maximum atomic E-state index is 12.5. The number of rotatable bonds is 8. The van der Waals surface area contributed by atoms with E-state index in [2.05, 4.69) is 10.3 Å². The van der Waals surface area contributed by atoms with Crippen molar-refractivity contribution in [2.24, 2.45) is 0 Å². The van der Waals surface area contributed by atoms with Crippen LogP contribution in [0, 0.1) is 0 Å². The Morgan fingerprint density at radius 1 is 1.00 bits per heavy atom. The molecule has 0 radical (unpaired) electrons. The van der Waals surface area contributed by atoms with E-state index in [0.717, 1.165) is 22.4 Å². The minimum absolute atomic E-state index is 0.136. The molecule has 2 aromatic carbocycles. The number of allylic oxidation sites excluding steroid dienone is 1. The van der Waals surface area contributed by atoms with E-state index in [9.17, 15) is 9.59 Å². The van der Waals surface area contributed by atoms with Gasteiger partial charge < -0.3 is 10.4 Å². The third-order valence-corrected chi connectivity index (χ3v) is 4.81. The Morgan fingerprint density at radius 3 is 2.39 bits per heavy atom. The van der Waals surface area contributed by atoms with Gasteiger partial charge in [-0.15, -0.1) is 0 Å². The highest BCUT2D eigenvalue weighted by molar-refractivity contribution is 6.01. The molecule has 0 aliphatic carbocycles. The molecule has 3 aromatic rings. The second kappa shape index (κ2) is 10.7. The maximum absolute atomic E-state index is 12.5. The Bertz CT molecular complexity index is 1030. The molecule has 2 N–H and O–H groups in total. The van der Waals surface area contributed by atoms with Crippen molar-refractivity contribution in [1.29, 1.82) is 0 Å². The molecule has 0 bridgehead atoms. The summed E-state index contributed by atoms with van der Waals surface area (Å²) < 4.78 is 0. The van der Waals surface area contributed by atoms with E-state index >= 15 is 0 Å². The summed E-state index contributed by atoms with van der Waals surface area (Å²) in [5.74, 6) is -0.795. The fraction of sp³-hybridized carbons (Fsp3) is 0.160. The molecule has 31 heavy (non-hydrogen) atoms. The molecule has 0 spiro atoms. The van der Waals surface area contributed by atoms with E-state index in [1.54, 1.807) is 24.3 Å². The molecule has 0 saturated carbocycles. The van der Waals surface area contributed by atoms with E-state index in [1.807, 2.05) is 72.8 Å². The van der Waals surface area contributed by atoms with Gasteiger partial charge in [0.05, 0.1) is 0 Å². The minimum Gasteiger partial charge on any atom is -0.481 e. The molecule has 2 amide bonds. The Morgan fingerprint density at radius 2 is 1.74 bits per heavy atom. The minimum atomic E-state index is -0.795. The number of pyridine rings is 1. The van der Waals surface area contributed by atoms with Crippen LogP contribution in [0.4, 0.5) is 16.2 Å². The summed E-state index contributed by atoms with van der Waals surface area (Å²) in [4.78, 5) is 29.1. The zero-order chi connectivity index (χ0) is 22.1. The zero-order valence-electron chi connectivity index (χ0n) is 17.4. The van der Waals surface area contributed by atoms with Crippen molar-refractivity contribution in [1.82, 2.24) is 4.98 Å². The normalized spacial score (nSPS) is 11.1. The van der Waals surface area contributed by atoms with Gasteiger partial charge in [-0.05, 0) is 54.3 Å². The van der Waals surface area contributed by atoms with E-state index in [0.29, 0.717) is 18.5 Å². The molecular weight excluding hydrogens is 390 g/mol. The number of amides is 2. The third kappa shape index (κ3) is 6.27. The Labute approximate surface area is 181 Å². The lowest BCUT2D eigenvalue weighted by atomic mass is 9.97. The smallest absolute Gasteiger partial charge is 0.326 e. The first-order valence-corrected chi connectivity index (χ1v) is 10.1. The van der Waals surface area contributed by atoms with Crippen LogP contribution in [0.3, 0.4) is 0 Å². The summed E-state index contributed by atoms with van der Waals surface area (Å²) in [6.45, 7) is 0. The highest BCUT2D eigenvalue weighted by Crippen LogP contribution is 2.25. The fourth-order valence-corrected chi connectivity index (χ4v) is 3.13. The molecule has 0 unspecified atom stereocenters. The molecule has 0 aliphatic rings. The van der Waals surface area contributed by atoms with Crippen molar-refractivity contribution in [3.8, 4) is 0 Å². The quantitative estimate of drug-likeness (QED) is 0.480. The van der Waals surface area contributed by atoms with E-state index in [4.69, 9.17) is 5.11 Å². The van der Waals surface area contributed by atoms with Gasteiger partial charge in [0, 0.05) is 42.8 Å². The van der Waals surface area contributed by atoms with Crippen LogP contribution < -0.4 is 10.2 Å². The summed E-state index contributed by atoms with van der Waals surface area (Å²) in [5.41, 5.74) is 4.40. The molecule has 158 valence electrons. The summed E-state index contributed by atoms with van der Waals surface area (Å²) in [7, 11) is 1.72.